The van der Waals surface area contributed by atoms with Gasteiger partial charge in [-0.3, -0.25) is 4.99 Å². The van der Waals surface area contributed by atoms with E-state index in [1.165, 1.54) is 32.1 Å². The van der Waals surface area contributed by atoms with Crippen molar-refractivity contribution in [2.75, 3.05) is 11.9 Å². The fourth-order valence-corrected chi connectivity index (χ4v) is 1.94. The molecule has 0 aromatic heterocycles. The van der Waals surface area contributed by atoms with Crippen LogP contribution < -0.4 is 16.8 Å². The Hall–Kier alpha value is -2.04. The van der Waals surface area contributed by atoms with Gasteiger partial charge in [-0.05, 0) is 18.6 Å². The van der Waals surface area contributed by atoms with E-state index in [9.17, 15) is 0 Å². The largest absolute Gasteiger partial charge is 0.369 e. The second-order valence-electron chi connectivity index (χ2n) is 5.00. The smallest absolute Gasteiger partial charge is 0.218 e. The molecule has 0 saturated heterocycles. The zero-order chi connectivity index (χ0) is 15.3. The number of aliphatic imine (C=N–C) groups is 2. The lowest BCUT2D eigenvalue weighted by atomic mass is 10.1. The Balaban J connectivity index is 2.25. The fraction of sp³-hybridized carbons (Fsp3) is 0.500. The molecular weight excluding hydrogens is 262 g/mol. The van der Waals surface area contributed by atoms with E-state index in [2.05, 4.69) is 22.2 Å². The molecule has 0 saturated carbocycles. The number of anilines is 1. The molecule has 1 aromatic rings. The predicted octanol–water partition coefficient (Wildman–Crippen LogP) is 3.09. The van der Waals surface area contributed by atoms with Crippen molar-refractivity contribution in [1.29, 1.82) is 0 Å². The van der Waals surface area contributed by atoms with Gasteiger partial charge in [0.05, 0.1) is 0 Å². The topological polar surface area (TPSA) is 88.8 Å². The van der Waals surface area contributed by atoms with Gasteiger partial charge in [0.1, 0.15) is 0 Å². The van der Waals surface area contributed by atoms with E-state index in [1.807, 2.05) is 30.3 Å². The number of nitrogens with one attached hydrogen (secondary N) is 1. The lowest BCUT2D eigenvalue weighted by Crippen LogP contribution is -2.26. The zero-order valence-corrected chi connectivity index (χ0v) is 12.9. The maximum Gasteiger partial charge on any atom is 0.218 e. The Bertz CT molecular complexity index is 439. The van der Waals surface area contributed by atoms with Gasteiger partial charge in [-0.2, -0.15) is 4.99 Å². The predicted molar refractivity (Wildman–Crippen MR) is 91.6 cm³/mol. The van der Waals surface area contributed by atoms with Gasteiger partial charge < -0.3 is 16.8 Å². The van der Waals surface area contributed by atoms with E-state index in [0.717, 1.165) is 12.1 Å². The average Bonchev–Trinajstić information content (AvgIpc) is 2.47. The third-order valence-electron chi connectivity index (χ3n) is 3.07. The van der Waals surface area contributed by atoms with Crippen molar-refractivity contribution in [3.05, 3.63) is 30.3 Å². The normalized spacial score (nSPS) is 12.4. The van der Waals surface area contributed by atoms with Crippen LogP contribution in [-0.4, -0.2) is 18.5 Å². The summed E-state index contributed by atoms with van der Waals surface area (Å²) in [7, 11) is 0. The number of benzene rings is 1. The Labute approximate surface area is 127 Å². The molecule has 0 amide bonds. The number of rotatable bonds is 8. The maximum atomic E-state index is 5.77. The van der Waals surface area contributed by atoms with E-state index in [1.54, 1.807) is 0 Å². The third-order valence-corrected chi connectivity index (χ3v) is 3.07. The summed E-state index contributed by atoms with van der Waals surface area (Å²) >= 11 is 0. The number of nitrogens with zero attached hydrogens (tertiary/aromatic N) is 2. The highest BCUT2D eigenvalue weighted by Crippen LogP contribution is 2.05. The first-order valence-electron chi connectivity index (χ1n) is 7.68. The van der Waals surface area contributed by atoms with Crippen LogP contribution in [0.2, 0.25) is 0 Å². The molecule has 0 spiro atoms. The van der Waals surface area contributed by atoms with Crippen molar-refractivity contribution < 1.29 is 0 Å². The minimum Gasteiger partial charge on any atom is -0.369 e. The number of hydrogen-bond donors (Lipinski definition) is 3. The van der Waals surface area contributed by atoms with Gasteiger partial charge in [-0.15, -0.1) is 0 Å². The molecule has 0 atom stereocenters. The van der Waals surface area contributed by atoms with Crippen LogP contribution >= 0.6 is 0 Å². The van der Waals surface area contributed by atoms with Crippen LogP contribution in [0, 0.1) is 0 Å². The van der Waals surface area contributed by atoms with Crippen molar-refractivity contribution in [1.82, 2.24) is 0 Å². The molecule has 0 fully saturated rings. The van der Waals surface area contributed by atoms with Crippen LogP contribution in [0.4, 0.5) is 5.69 Å². The molecular formula is C16H27N5. The molecule has 5 N–H and O–H groups in total. The van der Waals surface area contributed by atoms with E-state index in [-0.39, 0.29) is 11.9 Å². The average molecular weight is 289 g/mol. The summed E-state index contributed by atoms with van der Waals surface area (Å²) < 4.78 is 0. The SMILES string of the molecule is CCCCCCCCN=C(N)/N=C(\N)Nc1ccccc1. The summed E-state index contributed by atoms with van der Waals surface area (Å²) in [6, 6.07) is 9.60. The van der Waals surface area contributed by atoms with Crippen molar-refractivity contribution in [2.45, 2.75) is 45.4 Å². The summed E-state index contributed by atoms with van der Waals surface area (Å²) in [6.45, 7) is 2.93. The summed E-state index contributed by atoms with van der Waals surface area (Å²) in [5.74, 6) is 0.481. The standard InChI is InChI=1S/C16H27N5/c1-2-3-4-5-6-10-13-19-15(17)21-16(18)20-14-11-8-7-9-12-14/h7-9,11-12H,2-6,10,13H2,1H3,(H5,17,18,19,20,21). The molecule has 0 unspecified atom stereocenters. The molecule has 0 radical (unpaired) electrons. The van der Waals surface area contributed by atoms with Crippen LogP contribution in [0.5, 0.6) is 0 Å². The summed E-state index contributed by atoms with van der Waals surface area (Å²) in [5, 5.41) is 2.96. The molecule has 21 heavy (non-hydrogen) atoms. The minimum atomic E-state index is 0.226. The van der Waals surface area contributed by atoms with E-state index >= 15 is 0 Å². The Morgan fingerprint density at radius 3 is 2.38 bits per heavy atom. The number of guanidine groups is 2. The molecule has 0 aliphatic rings. The van der Waals surface area contributed by atoms with Crippen molar-refractivity contribution in [3.63, 3.8) is 0 Å². The molecule has 0 bridgehead atoms. The zero-order valence-electron chi connectivity index (χ0n) is 12.9. The van der Waals surface area contributed by atoms with E-state index in [0.29, 0.717) is 6.54 Å². The van der Waals surface area contributed by atoms with Gasteiger partial charge in [0.2, 0.25) is 11.9 Å². The maximum absolute atomic E-state index is 5.77. The van der Waals surface area contributed by atoms with E-state index < -0.39 is 0 Å². The van der Waals surface area contributed by atoms with Crippen molar-refractivity contribution >= 4 is 17.6 Å². The Morgan fingerprint density at radius 2 is 1.67 bits per heavy atom. The summed E-state index contributed by atoms with van der Waals surface area (Å²) in [4.78, 5) is 8.24. The number of hydrogen-bond acceptors (Lipinski definition) is 1. The first kappa shape index (κ1) is 17.0. The first-order chi connectivity index (χ1) is 10.2. The van der Waals surface area contributed by atoms with Gasteiger partial charge in [0.25, 0.3) is 0 Å². The van der Waals surface area contributed by atoms with Crippen LogP contribution in [0.1, 0.15) is 45.4 Å². The molecule has 0 aliphatic carbocycles. The lowest BCUT2D eigenvalue weighted by molar-refractivity contribution is 0.612. The van der Waals surface area contributed by atoms with Gasteiger partial charge in [-0.1, -0.05) is 57.2 Å². The number of para-hydroxylation sites is 1. The van der Waals surface area contributed by atoms with Gasteiger partial charge >= 0.3 is 0 Å². The van der Waals surface area contributed by atoms with Gasteiger partial charge in [-0.25, -0.2) is 0 Å². The highest BCUT2D eigenvalue weighted by Gasteiger charge is 1.95. The van der Waals surface area contributed by atoms with Crippen LogP contribution in [-0.2, 0) is 0 Å². The van der Waals surface area contributed by atoms with Crippen molar-refractivity contribution in [3.8, 4) is 0 Å². The van der Waals surface area contributed by atoms with E-state index in [4.69, 9.17) is 11.5 Å². The minimum absolute atomic E-state index is 0.226. The first-order valence-corrected chi connectivity index (χ1v) is 7.68. The second kappa shape index (κ2) is 10.7. The molecule has 0 aliphatic heterocycles. The molecule has 116 valence electrons. The molecule has 5 nitrogen and oxygen atoms in total. The number of nitrogens with two attached hydrogens (primary N) is 2. The Kier molecular flexibility index (Phi) is 8.68. The van der Waals surface area contributed by atoms with Crippen LogP contribution in [0.15, 0.2) is 40.3 Å². The summed E-state index contributed by atoms with van der Waals surface area (Å²) in [6.07, 6.45) is 7.40. The highest BCUT2D eigenvalue weighted by molar-refractivity contribution is 6.00. The monoisotopic (exact) mass is 289 g/mol. The van der Waals surface area contributed by atoms with Crippen LogP contribution in [0.25, 0.3) is 0 Å². The van der Waals surface area contributed by atoms with Gasteiger partial charge in [0.15, 0.2) is 0 Å². The highest BCUT2D eigenvalue weighted by atomic mass is 15.2. The van der Waals surface area contributed by atoms with Crippen molar-refractivity contribution in [2.24, 2.45) is 21.5 Å². The molecule has 1 aromatic carbocycles. The number of unbranched alkanes of at least 4 members (excludes halogenated alkanes) is 5. The second-order valence-corrected chi connectivity index (χ2v) is 5.00. The third kappa shape index (κ3) is 8.68. The molecule has 1 rings (SSSR count). The molecule has 0 heterocycles. The van der Waals surface area contributed by atoms with Gasteiger partial charge in [0, 0.05) is 12.2 Å². The molecule has 5 heteroatoms. The quantitative estimate of drug-likeness (QED) is 0.390. The summed E-state index contributed by atoms with van der Waals surface area (Å²) in [5.41, 5.74) is 12.4. The Morgan fingerprint density at radius 1 is 1.00 bits per heavy atom. The lowest BCUT2D eigenvalue weighted by Gasteiger charge is -2.04. The van der Waals surface area contributed by atoms with Crippen LogP contribution in [0.3, 0.4) is 0 Å². The fourth-order valence-electron chi connectivity index (χ4n) is 1.94.